The summed E-state index contributed by atoms with van der Waals surface area (Å²) in [6.45, 7) is -1.20. The Labute approximate surface area is 162 Å². The van der Waals surface area contributed by atoms with Gasteiger partial charge in [0.15, 0.2) is 17.2 Å². The quantitative estimate of drug-likeness (QED) is 0.474. The standard InChI is InChI=1S/C18H15F2N7O2/c1-9-4-5-12(29-18(19)20)10(7-9)14-11(8-22-26-14)24-17(28)15-16(21)25-13-3-2-6-23-27(13)15/h2-8,18H,21H2,1H3,(H,22,26)(H,24,28). The summed E-state index contributed by atoms with van der Waals surface area (Å²) in [5, 5.41) is 13.4. The molecule has 11 heteroatoms. The van der Waals surface area contributed by atoms with Gasteiger partial charge in [0.05, 0.1) is 17.6 Å². The number of nitrogens with zero attached hydrogens (tertiary/aromatic N) is 4. The van der Waals surface area contributed by atoms with Crippen molar-refractivity contribution in [3.8, 4) is 17.0 Å². The molecule has 0 aliphatic rings. The minimum absolute atomic E-state index is 0.00326. The van der Waals surface area contributed by atoms with E-state index in [4.69, 9.17) is 5.73 Å². The average molecular weight is 399 g/mol. The van der Waals surface area contributed by atoms with E-state index in [-0.39, 0.29) is 22.9 Å². The summed E-state index contributed by atoms with van der Waals surface area (Å²) >= 11 is 0. The van der Waals surface area contributed by atoms with E-state index in [2.05, 4.69) is 30.3 Å². The highest BCUT2D eigenvalue weighted by Gasteiger charge is 2.22. The monoisotopic (exact) mass is 399 g/mol. The van der Waals surface area contributed by atoms with Crippen molar-refractivity contribution in [1.29, 1.82) is 0 Å². The molecule has 0 bridgehead atoms. The van der Waals surface area contributed by atoms with Crippen molar-refractivity contribution in [2.75, 3.05) is 11.1 Å². The smallest absolute Gasteiger partial charge is 0.387 e. The van der Waals surface area contributed by atoms with Gasteiger partial charge in [0.1, 0.15) is 5.75 Å². The number of carbonyl (C=O) groups is 1. The fraction of sp³-hybridized carbons (Fsp3) is 0.111. The van der Waals surface area contributed by atoms with Crippen LogP contribution in [0.3, 0.4) is 0 Å². The van der Waals surface area contributed by atoms with E-state index in [1.807, 2.05) is 0 Å². The number of rotatable bonds is 5. The minimum Gasteiger partial charge on any atom is -0.434 e. The van der Waals surface area contributed by atoms with Crippen LogP contribution in [-0.4, -0.2) is 37.3 Å². The van der Waals surface area contributed by atoms with E-state index in [1.165, 1.54) is 23.0 Å². The lowest BCUT2D eigenvalue weighted by molar-refractivity contribution is -0.0494. The maximum atomic E-state index is 12.8. The molecule has 4 N–H and O–H groups in total. The second-order valence-electron chi connectivity index (χ2n) is 6.13. The Hall–Kier alpha value is -4.02. The van der Waals surface area contributed by atoms with Crippen molar-refractivity contribution in [3.05, 3.63) is 54.0 Å². The fourth-order valence-electron chi connectivity index (χ4n) is 2.92. The van der Waals surface area contributed by atoms with Gasteiger partial charge in [-0.15, -0.1) is 0 Å². The van der Waals surface area contributed by atoms with Crippen LogP contribution in [0.4, 0.5) is 20.3 Å². The van der Waals surface area contributed by atoms with Crippen LogP contribution in [0, 0.1) is 6.92 Å². The Morgan fingerprint density at radius 3 is 2.97 bits per heavy atom. The number of H-pyrrole nitrogens is 1. The number of nitrogens with one attached hydrogen (secondary N) is 2. The maximum Gasteiger partial charge on any atom is 0.387 e. The predicted molar refractivity (Wildman–Crippen MR) is 101 cm³/mol. The molecule has 0 saturated carbocycles. The van der Waals surface area contributed by atoms with Crippen molar-refractivity contribution < 1.29 is 18.3 Å². The number of imidazole rings is 1. The Bertz CT molecular complexity index is 1200. The van der Waals surface area contributed by atoms with Crippen LogP contribution in [-0.2, 0) is 0 Å². The summed E-state index contributed by atoms with van der Waals surface area (Å²) < 4.78 is 31.5. The number of nitrogen functional groups attached to an aromatic ring is 1. The highest BCUT2D eigenvalue weighted by atomic mass is 19.3. The molecule has 148 valence electrons. The fourth-order valence-corrected chi connectivity index (χ4v) is 2.92. The van der Waals surface area contributed by atoms with Crippen LogP contribution < -0.4 is 15.8 Å². The summed E-state index contributed by atoms with van der Waals surface area (Å²) in [4.78, 5) is 16.9. The number of halogens is 2. The topological polar surface area (TPSA) is 123 Å². The molecule has 9 nitrogen and oxygen atoms in total. The zero-order valence-electron chi connectivity index (χ0n) is 15.1. The lowest BCUT2D eigenvalue weighted by Crippen LogP contribution is -2.17. The lowest BCUT2D eigenvalue weighted by Gasteiger charge is -2.12. The maximum absolute atomic E-state index is 12.8. The van der Waals surface area contributed by atoms with Gasteiger partial charge >= 0.3 is 6.61 Å². The summed E-state index contributed by atoms with van der Waals surface area (Å²) in [5.74, 6) is -0.634. The number of fused-ring (bicyclic) bond motifs is 1. The Morgan fingerprint density at radius 1 is 1.34 bits per heavy atom. The number of aromatic nitrogens is 5. The molecule has 4 aromatic rings. The number of nitrogens with two attached hydrogens (primary N) is 1. The Morgan fingerprint density at radius 2 is 2.17 bits per heavy atom. The second-order valence-corrected chi connectivity index (χ2v) is 6.13. The molecule has 29 heavy (non-hydrogen) atoms. The number of aryl methyl sites for hydroxylation is 1. The third kappa shape index (κ3) is 3.45. The van der Waals surface area contributed by atoms with Crippen molar-refractivity contribution >= 4 is 23.1 Å². The van der Waals surface area contributed by atoms with Gasteiger partial charge in [-0.05, 0) is 31.2 Å². The molecule has 0 aliphatic carbocycles. The van der Waals surface area contributed by atoms with Gasteiger partial charge in [0.25, 0.3) is 5.91 Å². The SMILES string of the molecule is Cc1ccc(OC(F)F)c(-c2[nH]ncc2NC(=O)c2c(N)nc3cccnn23)c1. The number of alkyl halides is 2. The molecule has 0 saturated heterocycles. The van der Waals surface area contributed by atoms with Gasteiger partial charge in [-0.1, -0.05) is 11.6 Å². The average Bonchev–Trinajstić information content (AvgIpc) is 3.25. The number of aromatic amines is 1. The zero-order chi connectivity index (χ0) is 20.5. The van der Waals surface area contributed by atoms with Gasteiger partial charge in [-0.25, -0.2) is 9.50 Å². The Balaban J connectivity index is 1.71. The van der Waals surface area contributed by atoms with E-state index in [1.54, 1.807) is 31.2 Å². The van der Waals surface area contributed by atoms with Crippen molar-refractivity contribution in [1.82, 2.24) is 24.8 Å². The normalized spacial score (nSPS) is 11.2. The van der Waals surface area contributed by atoms with Crippen LogP contribution in [0.2, 0.25) is 0 Å². The number of hydrogen-bond acceptors (Lipinski definition) is 6. The van der Waals surface area contributed by atoms with Crippen LogP contribution in [0.25, 0.3) is 16.9 Å². The van der Waals surface area contributed by atoms with E-state index in [0.717, 1.165) is 5.56 Å². The number of carbonyl (C=O) groups excluding carboxylic acids is 1. The predicted octanol–water partition coefficient (Wildman–Crippen LogP) is 2.86. The number of hydrogen-bond donors (Lipinski definition) is 3. The van der Waals surface area contributed by atoms with Gasteiger partial charge < -0.3 is 15.8 Å². The van der Waals surface area contributed by atoms with Crippen LogP contribution in [0.5, 0.6) is 5.75 Å². The second kappa shape index (κ2) is 7.19. The highest BCUT2D eigenvalue weighted by molar-refractivity contribution is 6.08. The number of anilines is 2. The zero-order valence-corrected chi connectivity index (χ0v) is 15.1. The Kier molecular flexibility index (Phi) is 4.55. The largest absolute Gasteiger partial charge is 0.434 e. The summed E-state index contributed by atoms with van der Waals surface area (Å²) in [6, 6.07) is 8.03. The lowest BCUT2D eigenvalue weighted by atomic mass is 10.1. The highest BCUT2D eigenvalue weighted by Crippen LogP contribution is 2.35. The van der Waals surface area contributed by atoms with Crippen molar-refractivity contribution in [2.24, 2.45) is 0 Å². The van der Waals surface area contributed by atoms with Gasteiger partial charge in [0.2, 0.25) is 0 Å². The first-order chi connectivity index (χ1) is 13.9. The van der Waals surface area contributed by atoms with Crippen LogP contribution in [0.15, 0.2) is 42.7 Å². The molecule has 1 amide bonds. The number of ether oxygens (including phenoxy) is 1. The minimum atomic E-state index is -3.00. The summed E-state index contributed by atoms with van der Waals surface area (Å²) in [5.41, 5.74) is 8.01. The molecule has 0 atom stereocenters. The molecule has 0 radical (unpaired) electrons. The number of benzene rings is 1. The molecule has 3 aromatic heterocycles. The molecule has 1 aromatic carbocycles. The van der Waals surface area contributed by atoms with E-state index >= 15 is 0 Å². The van der Waals surface area contributed by atoms with Gasteiger partial charge in [0, 0.05) is 11.8 Å². The first-order valence-electron chi connectivity index (χ1n) is 8.44. The third-order valence-corrected chi connectivity index (χ3v) is 4.14. The first-order valence-corrected chi connectivity index (χ1v) is 8.44. The molecule has 0 unspecified atom stereocenters. The van der Waals surface area contributed by atoms with Crippen LogP contribution in [0.1, 0.15) is 16.1 Å². The molecule has 0 spiro atoms. The molecular formula is C18H15F2N7O2. The molecule has 0 fully saturated rings. The molecular weight excluding hydrogens is 384 g/mol. The van der Waals surface area contributed by atoms with E-state index in [9.17, 15) is 13.6 Å². The van der Waals surface area contributed by atoms with Gasteiger partial charge in [-0.3, -0.25) is 9.89 Å². The molecule has 0 aliphatic heterocycles. The first kappa shape index (κ1) is 18.3. The number of amides is 1. The molecule has 3 heterocycles. The van der Waals surface area contributed by atoms with Crippen LogP contribution >= 0.6 is 0 Å². The van der Waals surface area contributed by atoms with Crippen molar-refractivity contribution in [2.45, 2.75) is 13.5 Å². The van der Waals surface area contributed by atoms with Gasteiger partial charge in [-0.2, -0.15) is 19.0 Å². The third-order valence-electron chi connectivity index (χ3n) is 4.14. The molecule has 4 rings (SSSR count). The summed E-state index contributed by atoms with van der Waals surface area (Å²) in [7, 11) is 0. The summed E-state index contributed by atoms with van der Waals surface area (Å²) in [6.07, 6.45) is 2.85. The van der Waals surface area contributed by atoms with E-state index in [0.29, 0.717) is 16.9 Å². The van der Waals surface area contributed by atoms with Crippen molar-refractivity contribution in [3.63, 3.8) is 0 Å². The van der Waals surface area contributed by atoms with E-state index < -0.39 is 12.5 Å².